The van der Waals surface area contributed by atoms with Gasteiger partial charge in [0.25, 0.3) is 5.91 Å². The summed E-state index contributed by atoms with van der Waals surface area (Å²) in [6, 6.07) is 9.10. The average Bonchev–Trinajstić information content (AvgIpc) is 3.20. The number of hydrogen-bond donors (Lipinski definition) is 3. The normalized spacial score (nSPS) is 10.5. The van der Waals surface area contributed by atoms with Crippen molar-refractivity contribution in [2.24, 2.45) is 0 Å². The number of nitrogens with one attached hydrogen (secondary N) is 2. The molecule has 3 rings (SSSR count). The molecule has 1 heterocycles. The van der Waals surface area contributed by atoms with Crippen LogP contribution in [0.5, 0.6) is 11.5 Å². The number of hydrogen-bond acceptors (Lipinski definition) is 8. The Bertz CT molecular complexity index is 1120. The van der Waals surface area contributed by atoms with Crippen molar-refractivity contribution in [3.63, 3.8) is 0 Å². The number of carbonyl (C=O) groups excluding carboxylic acids is 1. The molecule has 13 heteroatoms. The summed E-state index contributed by atoms with van der Waals surface area (Å²) in [5.41, 5.74) is 7.25. The monoisotopic (exact) mass is 593 g/mol. The van der Waals surface area contributed by atoms with Gasteiger partial charge in [-0.3, -0.25) is 4.79 Å². The third kappa shape index (κ3) is 7.64. The van der Waals surface area contributed by atoms with Crippen molar-refractivity contribution >= 4 is 63.3 Å². The van der Waals surface area contributed by atoms with Crippen LogP contribution < -0.4 is 25.8 Å². The number of benzene rings is 2. The first-order chi connectivity index (χ1) is 15.9. The number of carbonyl (C=O) groups is 1. The first-order valence-electron chi connectivity index (χ1n) is 9.98. The summed E-state index contributed by atoms with van der Waals surface area (Å²) in [5, 5.41) is 13.9. The Hall–Kier alpha value is -2.24. The molecule has 0 aliphatic carbocycles. The summed E-state index contributed by atoms with van der Waals surface area (Å²) in [6.45, 7) is 4.08. The predicted octanol–water partition coefficient (Wildman–Crippen LogP) is 4.64. The second-order valence-corrected chi connectivity index (χ2v) is 8.49. The van der Waals surface area contributed by atoms with Crippen LogP contribution in [0, 0.1) is 0 Å². The lowest BCUT2D eigenvalue weighted by Gasteiger charge is -2.16. The van der Waals surface area contributed by atoms with Gasteiger partial charge in [0.1, 0.15) is 6.61 Å². The molecule has 0 fully saturated rings. The van der Waals surface area contributed by atoms with E-state index in [1.165, 1.54) is 0 Å². The second-order valence-electron chi connectivity index (χ2n) is 6.79. The van der Waals surface area contributed by atoms with Gasteiger partial charge >= 0.3 is 0 Å². The van der Waals surface area contributed by atoms with Crippen molar-refractivity contribution in [2.45, 2.75) is 20.1 Å². The molecular formula is C21H23BrCl3N5O4. The Morgan fingerprint density at radius 2 is 1.97 bits per heavy atom. The van der Waals surface area contributed by atoms with E-state index in [9.17, 15) is 4.79 Å². The number of halogens is 4. The fourth-order valence-corrected chi connectivity index (χ4v) is 3.92. The minimum atomic E-state index is -0.445. The van der Waals surface area contributed by atoms with Crippen molar-refractivity contribution in [2.75, 3.05) is 25.4 Å². The number of rotatable bonds is 11. The van der Waals surface area contributed by atoms with Crippen LogP contribution in [0.25, 0.3) is 0 Å². The first kappa shape index (κ1) is 28.0. The van der Waals surface area contributed by atoms with Crippen LogP contribution in [0.15, 0.2) is 39.4 Å². The molecule has 3 aromatic rings. The molecule has 34 heavy (non-hydrogen) atoms. The highest BCUT2D eigenvalue weighted by Crippen LogP contribution is 2.38. The number of aromatic nitrogens is 2. The SMILES string of the molecule is CCOc1cc(CNCCNC(=O)c2nonc2N)cc(Br)c1OCc1ccc(Cl)cc1Cl.Cl. The van der Waals surface area contributed by atoms with E-state index >= 15 is 0 Å². The highest BCUT2D eigenvalue weighted by molar-refractivity contribution is 9.10. The zero-order valence-corrected chi connectivity index (χ0v) is 22.0. The van der Waals surface area contributed by atoms with Gasteiger partial charge in [0.15, 0.2) is 11.5 Å². The van der Waals surface area contributed by atoms with Crippen LogP contribution in [0.4, 0.5) is 5.82 Å². The van der Waals surface area contributed by atoms with Gasteiger partial charge in [0, 0.05) is 35.2 Å². The molecule has 0 unspecified atom stereocenters. The van der Waals surface area contributed by atoms with Crippen LogP contribution in [-0.2, 0) is 13.2 Å². The number of ether oxygens (including phenoxy) is 2. The molecule has 0 saturated carbocycles. The minimum Gasteiger partial charge on any atom is -0.490 e. The fraction of sp³-hybridized carbons (Fsp3) is 0.286. The topological polar surface area (TPSA) is 125 Å². The summed E-state index contributed by atoms with van der Waals surface area (Å²) in [7, 11) is 0. The lowest BCUT2D eigenvalue weighted by molar-refractivity contribution is 0.0944. The maximum atomic E-state index is 11.9. The van der Waals surface area contributed by atoms with Crippen molar-refractivity contribution in [1.29, 1.82) is 0 Å². The van der Waals surface area contributed by atoms with Gasteiger partial charge in [0.05, 0.1) is 11.1 Å². The van der Waals surface area contributed by atoms with Gasteiger partial charge in [-0.25, -0.2) is 4.63 Å². The summed E-state index contributed by atoms with van der Waals surface area (Å²) in [4.78, 5) is 11.9. The summed E-state index contributed by atoms with van der Waals surface area (Å²) < 4.78 is 16.9. The zero-order valence-electron chi connectivity index (χ0n) is 18.1. The van der Waals surface area contributed by atoms with Gasteiger partial charge in [-0.2, -0.15) is 0 Å². The number of nitrogens with zero attached hydrogens (tertiary/aromatic N) is 2. The second kappa shape index (κ2) is 13.6. The summed E-state index contributed by atoms with van der Waals surface area (Å²) in [5.74, 6) is 0.697. The number of anilines is 1. The van der Waals surface area contributed by atoms with E-state index in [4.69, 9.17) is 38.4 Å². The van der Waals surface area contributed by atoms with Crippen LogP contribution in [-0.4, -0.2) is 35.9 Å². The molecular weight excluding hydrogens is 573 g/mol. The van der Waals surface area contributed by atoms with E-state index in [2.05, 4.69) is 41.5 Å². The molecule has 4 N–H and O–H groups in total. The van der Waals surface area contributed by atoms with Crippen molar-refractivity contribution in [1.82, 2.24) is 20.9 Å². The van der Waals surface area contributed by atoms with Gasteiger partial charge in [-0.15, -0.1) is 12.4 Å². The van der Waals surface area contributed by atoms with Gasteiger partial charge in [-0.1, -0.05) is 29.3 Å². The third-order valence-corrected chi connectivity index (χ3v) is 5.58. The van der Waals surface area contributed by atoms with Crippen LogP contribution in [0.1, 0.15) is 28.5 Å². The fourth-order valence-electron chi connectivity index (χ4n) is 2.85. The lowest BCUT2D eigenvalue weighted by Crippen LogP contribution is -2.32. The van der Waals surface area contributed by atoms with E-state index in [-0.39, 0.29) is 30.5 Å². The molecule has 0 aliphatic rings. The Balaban J connectivity index is 0.00000408. The quantitative estimate of drug-likeness (QED) is 0.274. The maximum absolute atomic E-state index is 11.9. The van der Waals surface area contributed by atoms with E-state index in [1.807, 2.05) is 25.1 Å². The standard InChI is InChI=1S/C21H22BrCl2N5O4.ClH/c1-2-31-17-8-12(10-26-5-6-27-21(30)18-20(25)29-33-28-18)7-15(22)19(17)32-11-13-3-4-14(23)9-16(13)24;/h3-4,7-9,26H,2,5-6,10-11H2,1H3,(H2,25,29)(H,27,30);1H. The average molecular weight is 596 g/mol. The van der Waals surface area contributed by atoms with Gasteiger partial charge in [0.2, 0.25) is 11.5 Å². The molecule has 0 radical (unpaired) electrons. The molecule has 0 atom stereocenters. The first-order valence-corrected chi connectivity index (χ1v) is 11.5. The Labute approximate surface area is 221 Å². The van der Waals surface area contributed by atoms with Crippen molar-refractivity contribution in [3.05, 3.63) is 61.7 Å². The smallest absolute Gasteiger partial charge is 0.277 e. The molecule has 0 saturated heterocycles. The highest BCUT2D eigenvalue weighted by atomic mass is 79.9. The Morgan fingerprint density at radius 3 is 2.65 bits per heavy atom. The molecule has 1 amide bonds. The van der Waals surface area contributed by atoms with Gasteiger partial charge in [-0.05, 0) is 63.0 Å². The molecule has 9 nitrogen and oxygen atoms in total. The number of amides is 1. The maximum Gasteiger partial charge on any atom is 0.277 e. The predicted molar refractivity (Wildman–Crippen MR) is 136 cm³/mol. The molecule has 2 aromatic carbocycles. The molecule has 0 bridgehead atoms. The van der Waals surface area contributed by atoms with E-state index in [0.717, 1.165) is 15.6 Å². The van der Waals surface area contributed by atoms with E-state index < -0.39 is 5.91 Å². The van der Waals surface area contributed by atoms with Crippen LogP contribution >= 0.6 is 51.5 Å². The highest BCUT2D eigenvalue weighted by Gasteiger charge is 2.16. The van der Waals surface area contributed by atoms with Crippen molar-refractivity contribution in [3.8, 4) is 11.5 Å². The largest absolute Gasteiger partial charge is 0.490 e. The van der Waals surface area contributed by atoms with Gasteiger partial charge < -0.3 is 25.8 Å². The summed E-state index contributed by atoms with van der Waals surface area (Å²) in [6.07, 6.45) is 0. The minimum absolute atomic E-state index is 0. The van der Waals surface area contributed by atoms with E-state index in [1.54, 1.807) is 12.1 Å². The Kier molecular flexibility index (Phi) is 11.2. The molecule has 1 aromatic heterocycles. The molecule has 184 valence electrons. The van der Waals surface area contributed by atoms with Crippen LogP contribution in [0.3, 0.4) is 0 Å². The van der Waals surface area contributed by atoms with E-state index in [0.29, 0.717) is 47.8 Å². The van der Waals surface area contributed by atoms with Crippen molar-refractivity contribution < 1.29 is 18.9 Å². The Morgan fingerprint density at radius 1 is 1.18 bits per heavy atom. The molecule has 0 spiro atoms. The van der Waals surface area contributed by atoms with Crippen LogP contribution in [0.2, 0.25) is 10.0 Å². The third-order valence-electron chi connectivity index (χ3n) is 4.40. The summed E-state index contributed by atoms with van der Waals surface area (Å²) >= 11 is 15.8. The lowest BCUT2D eigenvalue weighted by atomic mass is 10.2. The number of nitrogens with two attached hydrogens (primary N) is 1. The zero-order chi connectivity index (χ0) is 23.8. The number of nitrogen functional groups attached to an aromatic ring is 1. The molecule has 0 aliphatic heterocycles.